The van der Waals surface area contributed by atoms with Crippen molar-refractivity contribution in [1.29, 1.82) is 0 Å². The molecular formula is C17H15Cl2N3O2S. The van der Waals surface area contributed by atoms with Crippen molar-refractivity contribution in [2.75, 3.05) is 0 Å². The molecule has 0 saturated carbocycles. The fraction of sp³-hybridized carbons (Fsp3) is 0.235. The lowest BCUT2D eigenvalue weighted by Crippen LogP contribution is -2.34. The van der Waals surface area contributed by atoms with Crippen molar-refractivity contribution >= 4 is 50.7 Å². The third-order valence-corrected chi connectivity index (χ3v) is 5.86. The molecule has 3 aromatic rings. The average Bonchev–Trinajstić information content (AvgIpc) is 2.86. The van der Waals surface area contributed by atoms with Crippen LogP contribution in [0.3, 0.4) is 0 Å². The summed E-state index contributed by atoms with van der Waals surface area (Å²) in [6, 6.07) is 4.43. The molecule has 5 nitrogen and oxygen atoms in total. The molecule has 0 fully saturated rings. The van der Waals surface area contributed by atoms with Crippen LogP contribution in [0.4, 0.5) is 0 Å². The number of hydrogen-bond acceptors (Lipinski definition) is 4. The van der Waals surface area contributed by atoms with Crippen LogP contribution < -0.4 is 11.3 Å². The summed E-state index contributed by atoms with van der Waals surface area (Å²) in [5, 5.41) is 1.31. The van der Waals surface area contributed by atoms with E-state index in [0.717, 1.165) is 16.0 Å². The molecule has 25 heavy (non-hydrogen) atoms. The van der Waals surface area contributed by atoms with E-state index in [1.54, 1.807) is 26.0 Å². The molecule has 0 saturated heterocycles. The number of nitrogens with two attached hydrogens (primary N) is 1. The monoisotopic (exact) mass is 395 g/mol. The molecule has 2 heterocycles. The number of nitrogens with zero attached hydrogens (tertiary/aromatic N) is 2. The second-order valence-electron chi connectivity index (χ2n) is 5.75. The number of benzene rings is 1. The van der Waals surface area contributed by atoms with Gasteiger partial charge in [0.15, 0.2) is 0 Å². The number of carbonyl (C=O) groups is 1. The Bertz CT molecular complexity index is 1070. The van der Waals surface area contributed by atoms with Gasteiger partial charge in [-0.1, -0.05) is 29.3 Å². The van der Waals surface area contributed by atoms with Gasteiger partial charge in [0.05, 0.1) is 15.4 Å². The van der Waals surface area contributed by atoms with E-state index in [1.807, 2.05) is 13.0 Å². The first-order valence-electron chi connectivity index (χ1n) is 7.49. The minimum atomic E-state index is -0.786. The molecule has 2 N–H and O–H groups in total. The molecule has 0 bridgehead atoms. The molecule has 0 aliphatic carbocycles. The molecule has 0 spiro atoms. The molecule has 8 heteroatoms. The van der Waals surface area contributed by atoms with E-state index in [9.17, 15) is 9.59 Å². The minimum absolute atomic E-state index is 0.292. The van der Waals surface area contributed by atoms with Crippen molar-refractivity contribution < 1.29 is 4.79 Å². The Balaban J connectivity index is 2.39. The number of rotatable bonds is 3. The van der Waals surface area contributed by atoms with E-state index in [0.29, 0.717) is 26.1 Å². The van der Waals surface area contributed by atoms with E-state index in [2.05, 4.69) is 4.98 Å². The van der Waals surface area contributed by atoms with Crippen LogP contribution in [0, 0.1) is 13.8 Å². The second-order valence-corrected chi connectivity index (χ2v) is 7.77. The molecule has 0 aliphatic rings. The number of hydrogen-bond donors (Lipinski definition) is 1. The third kappa shape index (κ3) is 2.94. The Labute approximate surface area is 158 Å². The minimum Gasteiger partial charge on any atom is -0.368 e. The molecule has 1 aromatic carbocycles. The largest absolute Gasteiger partial charge is 0.368 e. The van der Waals surface area contributed by atoms with Gasteiger partial charge in [-0.25, -0.2) is 4.98 Å². The summed E-state index contributed by atoms with van der Waals surface area (Å²) in [7, 11) is 0. The molecule has 3 rings (SSSR count). The smallest absolute Gasteiger partial charge is 0.263 e. The fourth-order valence-corrected chi connectivity index (χ4v) is 4.24. The van der Waals surface area contributed by atoms with E-state index in [-0.39, 0.29) is 5.56 Å². The van der Waals surface area contributed by atoms with Crippen LogP contribution >= 0.6 is 34.5 Å². The summed E-state index contributed by atoms with van der Waals surface area (Å²) in [6.45, 7) is 5.19. The Kier molecular flexibility index (Phi) is 4.62. The van der Waals surface area contributed by atoms with Crippen LogP contribution in [0.2, 0.25) is 10.0 Å². The van der Waals surface area contributed by atoms with E-state index < -0.39 is 11.9 Å². The number of aromatic nitrogens is 2. The van der Waals surface area contributed by atoms with E-state index in [4.69, 9.17) is 28.9 Å². The summed E-state index contributed by atoms with van der Waals surface area (Å²) in [4.78, 5) is 30.8. The summed E-state index contributed by atoms with van der Waals surface area (Å²) >= 11 is 13.6. The molecular weight excluding hydrogens is 381 g/mol. The predicted molar refractivity (Wildman–Crippen MR) is 103 cm³/mol. The molecule has 0 aliphatic heterocycles. The van der Waals surface area contributed by atoms with Crippen molar-refractivity contribution in [3.63, 3.8) is 0 Å². The van der Waals surface area contributed by atoms with Gasteiger partial charge in [0, 0.05) is 10.4 Å². The summed E-state index contributed by atoms with van der Waals surface area (Å²) in [5.74, 6) is -0.139. The quantitative estimate of drug-likeness (QED) is 0.724. The van der Waals surface area contributed by atoms with Crippen LogP contribution in [-0.4, -0.2) is 15.5 Å². The number of carbonyl (C=O) groups excluding carboxylic acids is 1. The second kappa shape index (κ2) is 6.44. The van der Waals surface area contributed by atoms with E-state index in [1.165, 1.54) is 15.9 Å². The highest BCUT2D eigenvalue weighted by molar-refractivity contribution is 7.19. The van der Waals surface area contributed by atoms with Gasteiger partial charge in [-0.05, 0) is 38.5 Å². The lowest BCUT2D eigenvalue weighted by molar-refractivity contribution is -0.120. The maximum absolute atomic E-state index is 13.1. The van der Waals surface area contributed by atoms with Gasteiger partial charge in [-0.2, -0.15) is 0 Å². The third-order valence-electron chi connectivity index (χ3n) is 4.12. The van der Waals surface area contributed by atoms with Crippen molar-refractivity contribution in [1.82, 2.24) is 9.55 Å². The molecule has 1 amide bonds. The molecule has 1 atom stereocenters. The van der Waals surface area contributed by atoms with Crippen molar-refractivity contribution in [2.24, 2.45) is 5.73 Å². The van der Waals surface area contributed by atoms with Crippen molar-refractivity contribution in [3.8, 4) is 11.1 Å². The molecule has 130 valence electrons. The summed E-state index contributed by atoms with van der Waals surface area (Å²) in [6.07, 6.45) is 0. The molecule has 2 aromatic heterocycles. The first kappa shape index (κ1) is 17.9. The lowest BCUT2D eigenvalue weighted by Gasteiger charge is -2.14. The van der Waals surface area contributed by atoms with Crippen molar-refractivity contribution in [2.45, 2.75) is 26.8 Å². The summed E-state index contributed by atoms with van der Waals surface area (Å²) in [5.41, 5.74) is 6.62. The SMILES string of the molecule is Cc1sc2nc(C)n(C(C)C(N)=O)c(=O)c2c1-c1ccc(Cl)c(Cl)c1. The highest BCUT2D eigenvalue weighted by Crippen LogP contribution is 2.38. The highest BCUT2D eigenvalue weighted by Gasteiger charge is 2.22. The number of halogens is 2. The van der Waals surface area contributed by atoms with Crippen LogP contribution in [0.5, 0.6) is 0 Å². The van der Waals surface area contributed by atoms with E-state index >= 15 is 0 Å². The summed E-state index contributed by atoms with van der Waals surface area (Å²) < 4.78 is 1.33. The Morgan fingerprint density at radius 3 is 2.56 bits per heavy atom. The number of fused-ring (bicyclic) bond motifs is 1. The standard InChI is InChI=1S/C17H15Cl2N3O2S/c1-7(15(20)23)22-9(3)21-16-14(17(22)24)13(8(2)25-16)10-4-5-11(18)12(19)6-10/h4-7H,1-3H3,(H2,20,23). The first-order valence-corrected chi connectivity index (χ1v) is 9.06. The first-order chi connectivity index (χ1) is 11.7. The molecule has 0 radical (unpaired) electrons. The maximum Gasteiger partial charge on any atom is 0.263 e. The lowest BCUT2D eigenvalue weighted by atomic mass is 10.0. The highest BCUT2D eigenvalue weighted by atomic mass is 35.5. The topological polar surface area (TPSA) is 78.0 Å². The van der Waals surface area contributed by atoms with Crippen LogP contribution in [0.1, 0.15) is 23.7 Å². The predicted octanol–water partition coefficient (Wildman–Crippen LogP) is 4.09. The van der Waals surface area contributed by atoms with Gasteiger partial charge < -0.3 is 5.73 Å². The number of thiophene rings is 1. The van der Waals surface area contributed by atoms with Gasteiger partial charge in [-0.15, -0.1) is 11.3 Å². The van der Waals surface area contributed by atoms with Gasteiger partial charge in [0.25, 0.3) is 5.56 Å². The number of primary amides is 1. The Morgan fingerprint density at radius 1 is 1.28 bits per heavy atom. The van der Waals surface area contributed by atoms with Gasteiger partial charge >= 0.3 is 0 Å². The number of aryl methyl sites for hydroxylation is 2. The zero-order valence-corrected chi connectivity index (χ0v) is 16.1. The van der Waals surface area contributed by atoms with Crippen LogP contribution in [0.25, 0.3) is 21.3 Å². The van der Waals surface area contributed by atoms with Crippen LogP contribution in [0.15, 0.2) is 23.0 Å². The van der Waals surface area contributed by atoms with Crippen LogP contribution in [-0.2, 0) is 4.79 Å². The Hall–Kier alpha value is -1.89. The van der Waals surface area contributed by atoms with Gasteiger partial charge in [-0.3, -0.25) is 14.2 Å². The zero-order valence-electron chi connectivity index (χ0n) is 13.8. The Morgan fingerprint density at radius 2 is 1.96 bits per heavy atom. The van der Waals surface area contributed by atoms with Crippen molar-refractivity contribution in [3.05, 3.63) is 49.3 Å². The fourth-order valence-electron chi connectivity index (χ4n) is 2.86. The average molecular weight is 396 g/mol. The van der Waals surface area contributed by atoms with Gasteiger partial charge in [0.1, 0.15) is 16.7 Å². The van der Waals surface area contributed by atoms with Gasteiger partial charge in [0.2, 0.25) is 5.91 Å². The number of amides is 1. The molecule has 1 unspecified atom stereocenters. The zero-order chi connectivity index (χ0) is 18.5. The normalized spacial score (nSPS) is 12.5. The maximum atomic E-state index is 13.1.